The Morgan fingerprint density at radius 1 is 1.38 bits per heavy atom. The maximum atomic E-state index is 10.7. The van der Waals surface area contributed by atoms with Crippen molar-refractivity contribution in [2.45, 2.75) is 6.10 Å². The third-order valence-electron chi connectivity index (χ3n) is 1.54. The van der Waals surface area contributed by atoms with Crippen molar-refractivity contribution in [3.05, 3.63) is 35.9 Å². The highest BCUT2D eigenvalue weighted by Crippen LogP contribution is 2.06. The van der Waals surface area contributed by atoms with Crippen LogP contribution in [0.3, 0.4) is 0 Å². The molecule has 2 nitrogen and oxygen atoms in total. The number of benzene rings is 1. The second-order valence-corrected chi connectivity index (χ2v) is 3.35. The molecule has 1 aromatic carbocycles. The van der Waals surface area contributed by atoms with Gasteiger partial charge in [-0.2, -0.15) is 0 Å². The molecule has 1 rings (SSSR count). The fraction of sp³-hybridized carbons (Fsp3) is 0.111. The first-order valence-electron chi connectivity index (χ1n) is 3.63. The number of rotatable bonds is 3. The molecule has 0 saturated carbocycles. The Labute approximate surface area is 87.0 Å². The third kappa shape index (κ3) is 2.62. The molecule has 1 aromatic rings. The van der Waals surface area contributed by atoms with Crippen LogP contribution in [0.1, 0.15) is 5.56 Å². The van der Waals surface area contributed by atoms with Crippen LogP contribution in [0.15, 0.2) is 30.3 Å². The Morgan fingerprint density at radius 3 is 2.38 bits per heavy atom. The molecule has 4 heteroatoms. The van der Waals surface area contributed by atoms with Gasteiger partial charge in [-0.3, -0.25) is 4.79 Å². The van der Waals surface area contributed by atoms with Crippen LogP contribution in [-0.2, 0) is 4.79 Å². The Bertz CT molecular complexity index is 322. The number of carbonyl (C=O) groups excluding carboxylic acids is 1. The summed E-state index contributed by atoms with van der Waals surface area (Å²) in [4.78, 5) is 10.9. The fourth-order valence-corrected chi connectivity index (χ4v) is 1.33. The molecule has 0 saturated heterocycles. The van der Waals surface area contributed by atoms with E-state index in [1.54, 1.807) is 24.3 Å². The quantitative estimate of drug-likeness (QED) is 0.449. The van der Waals surface area contributed by atoms with Gasteiger partial charge in [0.25, 0.3) is 0 Å². The summed E-state index contributed by atoms with van der Waals surface area (Å²) < 4.78 is 0. The molecule has 0 radical (unpaired) electrons. The molecular weight excluding hydrogens is 204 g/mol. The number of hydrogen-bond donors (Lipinski definition) is 2. The van der Waals surface area contributed by atoms with E-state index in [1.165, 1.54) is 0 Å². The van der Waals surface area contributed by atoms with Crippen LogP contribution in [0, 0.1) is 0 Å². The minimum atomic E-state index is -1.29. The molecule has 0 spiro atoms. The van der Waals surface area contributed by atoms with Gasteiger partial charge in [0.15, 0.2) is 6.10 Å². The third-order valence-corrected chi connectivity index (χ3v) is 2.24. The predicted octanol–water partition coefficient (Wildman–Crippen LogP) is 1.22. The summed E-state index contributed by atoms with van der Waals surface area (Å²) in [5, 5.41) is 8.65. The maximum absolute atomic E-state index is 10.7. The average Bonchev–Trinajstić information content (AvgIpc) is 2.17. The molecular formula is C9H8O2S2. The molecule has 68 valence electrons. The minimum absolute atomic E-state index is 0.209. The van der Waals surface area contributed by atoms with Crippen LogP contribution >= 0.6 is 24.8 Å². The topological polar surface area (TPSA) is 37.3 Å². The SMILES string of the molecule is O=C(S)C(O)C(=S)c1ccccc1. The lowest BCUT2D eigenvalue weighted by Crippen LogP contribution is -2.25. The second kappa shape index (κ2) is 4.50. The summed E-state index contributed by atoms with van der Waals surface area (Å²) in [7, 11) is 0. The van der Waals surface area contributed by atoms with Crippen molar-refractivity contribution in [2.75, 3.05) is 0 Å². The van der Waals surface area contributed by atoms with Gasteiger partial charge in [-0.15, -0.1) is 12.6 Å². The molecule has 0 amide bonds. The highest BCUT2D eigenvalue weighted by Gasteiger charge is 2.17. The average molecular weight is 212 g/mol. The van der Waals surface area contributed by atoms with E-state index in [0.29, 0.717) is 5.56 Å². The van der Waals surface area contributed by atoms with Gasteiger partial charge < -0.3 is 5.11 Å². The van der Waals surface area contributed by atoms with E-state index < -0.39 is 11.2 Å². The van der Waals surface area contributed by atoms with Crippen molar-refractivity contribution in [2.24, 2.45) is 0 Å². The van der Waals surface area contributed by atoms with Crippen LogP contribution in [-0.4, -0.2) is 21.2 Å². The summed E-state index contributed by atoms with van der Waals surface area (Å²) in [6.45, 7) is 0. The summed E-state index contributed by atoms with van der Waals surface area (Å²) in [5.74, 6) is 0. The smallest absolute Gasteiger partial charge is 0.219 e. The lowest BCUT2D eigenvalue weighted by Gasteiger charge is -2.07. The Morgan fingerprint density at radius 2 is 1.92 bits per heavy atom. The number of aliphatic hydroxyl groups excluding tert-OH is 1. The van der Waals surface area contributed by atoms with Gasteiger partial charge in [0.2, 0.25) is 5.12 Å². The molecule has 0 aliphatic carbocycles. The molecule has 0 fully saturated rings. The van der Waals surface area contributed by atoms with E-state index >= 15 is 0 Å². The lowest BCUT2D eigenvalue weighted by atomic mass is 10.1. The molecule has 1 unspecified atom stereocenters. The summed E-state index contributed by atoms with van der Waals surface area (Å²) in [6, 6.07) is 8.89. The number of hydrogen-bond acceptors (Lipinski definition) is 3. The molecule has 0 heterocycles. The maximum Gasteiger partial charge on any atom is 0.219 e. The standard InChI is InChI=1S/C9H8O2S2/c10-7(9(11)13)8(12)6-4-2-1-3-5-6/h1-5,7,10H,(H,11,13). The Hall–Kier alpha value is -0.710. The predicted molar refractivity (Wildman–Crippen MR) is 58.1 cm³/mol. The van der Waals surface area contributed by atoms with E-state index in [9.17, 15) is 9.90 Å². The lowest BCUT2D eigenvalue weighted by molar-refractivity contribution is -0.115. The van der Waals surface area contributed by atoms with Crippen LogP contribution in [0.5, 0.6) is 0 Å². The Kier molecular flexibility index (Phi) is 3.59. The zero-order valence-electron chi connectivity index (χ0n) is 6.68. The van der Waals surface area contributed by atoms with Crippen molar-refractivity contribution in [1.29, 1.82) is 0 Å². The monoisotopic (exact) mass is 212 g/mol. The first-order chi connectivity index (χ1) is 6.13. The second-order valence-electron chi connectivity index (χ2n) is 2.47. The minimum Gasteiger partial charge on any atom is -0.379 e. The summed E-state index contributed by atoms with van der Waals surface area (Å²) in [6.07, 6.45) is -1.29. The Balaban J connectivity index is 2.86. The van der Waals surface area contributed by atoms with Crippen LogP contribution in [0.25, 0.3) is 0 Å². The molecule has 13 heavy (non-hydrogen) atoms. The number of thiol groups is 1. The molecule has 0 aliphatic heterocycles. The van der Waals surface area contributed by atoms with Crippen LogP contribution < -0.4 is 0 Å². The summed E-state index contributed by atoms with van der Waals surface area (Å²) >= 11 is 8.41. The molecule has 1 N–H and O–H groups in total. The van der Waals surface area contributed by atoms with Gasteiger partial charge in [0, 0.05) is 0 Å². The largest absolute Gasteiger partial charge is 0.379 e. The normalized spacial score (nSPS) is 12.2. The van der Waals surface area contributed by atoms with Crippen molar-refractivity contribution < 1.29 is 9.90 Å². The van der Waals surface area contributed by atoms with Crippen molar-refractivity contribution in [3.8, 4) is 0 Å². The van der Waals surface area contributed by atoms with E-state index in [0.717, 1.165) is 0 Å². The zero-order chi connectivity index (χ0) is 9.84. The molecule has 1 atom stereocenters. The van der Waals surface area contributed by atoms with Gasteiger partial charge in [0.1, 0.15) is 0 Å². The number of thiocarbonyl (C=S) groups is 1. The van der Waals surface area contributed by atoms with Gasteiger partial charge in [0.05, 0.1) is 4.86 Å². The first kappa shape index (κ1) is 10.4. The van der Waals surface area contributed by atoms with E-state index in [2.05, 4.69) is 12.6 Å². The number of carbonyl (C=O) groups is 1. The van der Waals surface area contributed by atoms with Crippen molar-refractivity contribution in [3.63, 3.8) is 0 Å². The van der Waals surface area contributed by atoms with Gasteiger partial charge >= 0.3 is 0 Å². The van der Waals surface area contributed by atoms with E-state index in [4.69, 9.17) is 12.2 Å². The van der Waals surface area contributed by atoms with Gasteiger partial charge in [-0.05, 0) is 5.56 Å². The highest BCUT2D eigenvalue weighted by molar-refractivity contribution is 7.97. The number of aliphatic hydroxyl groups is 1. The first-order valence-corrected chi connectivity index (χ1v) is 4.48. The van der Waals surface area contributed by atoms with Crippen molar-refractivity contribution >= 4 is 34.8 Å². The highest BCUT2D eigenvalue weighted by atomic mass is 32.1. The van der Waals surface area contributed by atoms with Gasteiger partial charge in [-0.25, -0.2) is 0 Å². The molecule has 0 bridgehead atoms. The zero-order valence-corrected chi connectivity index (χ0v) is 8.39. The van der Waals surface area contributed by atoms with Gasteiger partial charge in [-0.1, -0.05) is 42.5 Å². The molecule has 0 aromatic heterocycles. The molecule has 0 aliphatic rings. The summed E-state index contributed by atoms with van der Waals surface area (Å²) in [5.41, 5.74) is 0.674. The van der Waals surface area contributed by atoms with E-state index in [1.807, 2.05) is 6.07 Å². The van der Waals surface area contributed by atoms with E-state index in [-0.39, 0.29) is 4.86 Å². The fourth-order valence-electron chi connectivity index (χ4n) is 0.872. The van der Waals surface area contributed by atoms with Crippen LogP contribution in [0.2, 0.25) is 0 Å². The van der Waals surface area contributed by atoms with Crippen LogP contribution in [0.4, 0.5) is 0 Å². The van der Waals surface area contributed by atoms with Crippen molar-refractivity contribution in [1.82, 2.24) is 0 Å².